The van der Waals surface area contributed by atoms with Crippen molar-refractivity contribution in [3.8, 4) is 0 Å². The third-order valence-electron chi connectivity index (χ3n) is 8.11. The molecule has 0 radical (unpaired) electrons. The number of allylic oxidation sites excluding steroid dienone is 2. The highest BCUT2D eigenvalue weighted by atomic mass is 32.2. The number of carbonyl (C=O) groups is 3. The quantitative estimate of drug-likeness (QED) is 0.353. The SMILES string of the molecule is COC(=O)C1=C(C(=O)OC)C(c2ccc(C)cc2)C2=C(C1)N(Cc1ccccc1)C(=O)C(S(=O)(=O)c1ccc(C)cc1)C2. The molecule has 3 aromatic rings. The van der Waals surface area contributed by atoms with Crippen molar-refractivity contribution in [1.29, 1.82) is 0 Å². The number of rotatable bonds is 7. The number of sulfone groups is 1. The van der Waals surface area contributed by atoms with E-state index in [1.165, 1.54) is 31.3 Å². The summed E-state index contributed by atoms with van der Waals surface area (Å²) < 4.78 is 38.5. The molecule has 2 atom stereocenters. The van der Waals surface area contributed by atoms with E-state index in [1.54, 1.807) is 12.1 Å². The third-order valence-corrected chi connectivity index (χ3v) is 10.2. The van der Waals surface area contributed by atoms with Gasteiger partial charge in [0.1, 0.15) is 5.25 Å². The lowest BCUT2D eigenvalue weighted by atomic mass is 9.73. The first-order chi connectivity index (χ1) is 20.6. The van der Waals surface area contributed by atoms with Crippen LogP contribution in [0.15, 0.2) is 106 Å². The first-order valence-electron chi connectivity index (χ1n) is 13.9. The predicted octanol–water partition coefficient (Wildman–Crippen LogP) is 4.96. The van der Waals surface area contributed by atoms with Crippen molar-refractivity contribution < 1.29 is 32.3 Å². The summed E-state index contributed by atoms with van der Waals surface area (Å²) >= 11 is 0. The van der Waals surface area contributed by atoms with Crippen LogP contribution >= 0.6 is 0 Å². The Hall–Kier alpha value is -4.50. The van der Waals surface area contributed by atoms with Gasteiger partial charge in [-0.25, -0.2) is 18.0 Å². The number of hydrogen-bond acceptors (Lipinski definition) is 7. The van der Waals surface area contributed by atoms with Crippen LogP contribution in [0.4, 0.5) is 0 Å². The summed E-state index contributed by atoms with van der Waals surface area (Å²) in [6, 6.07) is 23.1. The molecule has 0 saturated carbocycles. The van der Waals surface area contributed by atoms with Crippen LogP contribution in [0.3, 0.4) is 0 Å². The van der Waals surface area contributed by atoms with Gasteiger partial charge in [-0.15, -0.1) is 0 Å². The molecule has 0 N–H and O–H groups in total. The van der Waals surface area contributed by atoms with Gasteiger partial charge in [-0.05, 0) is 49.1 Å². The number of nitrogens with zero attached hydrogens (tertiary/aromatic N) is 1. The Kier molecular flexibility index (Phi) is 8.37. The van der Waals surface area contributed by atoms with E-state index in [1.807, 2.05) is 68.4 Å². The molecule has 0 aromatic heterocycles. The van der Waals surface area contributed by atoms with Crippen molar-refractivity contribution in [3.05, 3.63) is 124 Å². The first-order valence-corrected chi connectivity index (χ1v) is 15.5. The smallest absolute Gasteiger partial charge is 0.335 e. The molecule has 1 heterocycles. The topological polar surface area (TPSA) is 107 Å². The van der Waals surface area contributed by atoms with Crippen molar-refractivity contribution in [1.82, 2.24) is 4.90 Å². The van der Waals surface area contributed by atoms with E-state index in [-0.39, 0.29) is 35.4 Å². The lowest BCUT2D eigenvalue weighted by Crippen LogP contribution is -2.48. The Morgan fingerprint density at radius 2 is 1.42 bits per heavy atom. The van der Waals surface area contributed by atoms with Gasteiger partial charge in [-0.3, -0.25) is 4.79 Å². The molecule has 0 fully saturated rings. The largest absolute Gasteiger partial charge is 0.466 e. The van der Waals surface area contributed by atoms with Gasteiger partial charge < -0.3 is 14.4 Å². The minimum absolute atomic E-state index is 0.0434. The third kappa shape index (κ3) is 5.64. The standard InChI is InChI=1S/C34H33NO7S/c1-21-10-14-24(15-11-21)30-26-19-29(43(39,40)25-16-12-22(2)13-17-25)32(36)35(20-23-8-6-5-7-9-23)28(26)18-27(33(37)41-3)31(30)34(38)42-4/h5-17,29-30H,18-20H2,1-4H3. The summed E-state index contributed by atoms with van der Waals surface area (Å²) in [6.45, 7) is 3.87. The molecule has 0 spiro atoms. The fourth-order valence-electron chi connectivity index (χ4n) is 5.85. The van der Waals surface area contributed by atoms with E-state index >= 15 is 0 Å². The Morgan fingerprint density at radius 1 is 0.837 bits per heavy atom. The number of ether oxygens (including phenoxy) is 2. The molecule has 1 aliphatic carbocycles. The second-order valence-electron chi connectivity index (χ2n) is 10.8. The average Bonchev–Trinajstić information content (AvgIpc) is 3.01. The number of benzene rings is 3. The number of hydrogen-bond donors (Lipinski definition) is 0. The Bertz CT molecular complexity index is 1740. The molecular weight excluding hydrogens is 566 g/mol. The molecule has 8 nitrogen and oxygen atoms in total. The van der Waals surface area contributed by atoms with E-state index in [9.17, 15) is 22.8 Å². The second-order valence-corrected chi connectivity index (χ2v) is 13.0. The number of esters is 2. The Morgan fingerprint density at radius 3 is 2.00 bits per heavy atom. The van der Waals surface area contributed by atoms with Crippen LogP contribution in [0.25, 0.3) is 0 Å². The van der Waals surface area contributed by atoms with Gasteiger partial charge in [-0.1, -0.05) is 77.9 Å². The molecule has 2 aliphatic rings. The molecule has 9 heteroatoms. The molecule has 1 amide bonds. The summed E-state index contributed by atoms with van der Waals surface area (Å²) in [4.78, 5) is 42.3. The van der Waals surface area contributed by atoms with Gasteiger partial charge >= 0.3 is 11.9 Å². The number of carbonyl (C=O) groups excluding carboxylic acids is 3. The fourth-order valence-corrected chi connectivity index (χ4v) is 7.48. The van der Waals surface area contributed by atoms with Crippen molar-refractivity contribution in [2.75, 3.05) is 14.2 Å². The van der Waals surface area contributed by atoms with Gasteiger partial charge in [0.2, 0.25) is 5.91 Å². The average molecular weight is 600 g/mol. The minimum Gasteiger partial charge on any atom is -0.466 e. The maximum absolute atomic E-state index is 14.3. The van der Waals surface area contributed by atoms with E-state index in [4.69, 9.17) is 9.47 Å². The van der Waals surface area contributed by atoms with Crippen molar-refractivity contribution in [2.45, 2.75) is 49.3 Å². The fraction of sp³-hybridized carbons (Fsp3) is 0.265. The van der Waals surface area contributed by atoms with Crippen LogP contribution in [0, 0.1) is 13.8 Å². The molecule has 43 heavy (non-hydrogen) atoms. The zero-order valence-corrected chi connectivity index (χ0v) is 25.3. The zero-order chi connectivity index (χ0) is 30.9. The Labute approximate surface area is 251 Å². The van der Waals surface area contributed by atoms with Crippen LogP contribution in [-0.2, 0) is 40.2 Å². The van der Waals surface area contributed by atoms with Crippen LogP contribution in [0.1, 0.15) is 41.0 Å². The van der Waals surface area contributed by atoms with Gasteiger partial charge in [0.25, 0.3) is 0 Å². The van der Waals surface area contributed by atoms with Crippen molar-refractivity contribution in [2.24, 2.45) is 0 Å². The molecule has 1 aliphatic heterocycles. The van der Waals surface area contributed by atoms with Crippen molar-refractivity contribution >= 4 is 27.7 Å². The summed E-state index contributed by atoms with van der Waals surface area (Å²) in [6.07, 6.45) is -0.242. The van der Waals surface area contributed by atoms with E-state index in [2.05, 4.69) is 0 Å². The van der Waals surface area contributed by atoms with Gasteiger partial charge in [0.15, 0.2) is 9.84 Å². The summed E-state index contributed by atoms with van der Waals surface area (Å²) in [7, 11) is -1.68. The lowest BCUT2D eigenvalue weighted by Gasteiger charge is -2.42. The van der Waals surface area contributed by atoms with Gasteiger partial charge in [0.05, 0.1) is 36.8 Å². The predicted molar refractivity (Wildman–Crippen MR) is 160 cm³/mol. The van der Waals surface area contributed by atoms with E-state index in [0.29, 0.717) is 16.8 Å². The molecule has 0 saturated heterocycles. The highest BCUT2D eigenvalue weighted by Gasteiger charge is 2.49. The molecule has 3 aromatic carbocycles. The van der Waals surface area contributed by atoms with Crippen molar-refractivity contribution in [3.63, 3.8) is 0 Å². The number of methoxy groups -OCH3 is 2. The molecule has 5 rings (SSSR count). The second kappa shape index (κ2) is 12.0. The maximum atomic E-state index is 14.3. The molecule has 0 bridgehead atoms. The van der Waals surface area contributed by atoms with Gasteiger partial charge in [0, 0.05) is 18.0 Å². The molecule has 2 unspecified atom stereocenters. The van der Waals surface area contributed by atoms with Crippen LogP contribution < -0.4 is 0 Å². The minimum atomic E-state index is -4.14. The molecule has 222 valence electrons. The highest BCUT2D eigenvalue weighted by molar-refractivity contribution is 7.92. The summed E-state index contributed by atoms with van der Waals surface area (Å²) in [5, 5.41) is -1.44. The van der Waals surface area contributed by atoms with E-state index < -0.39 is 38.9 Å². The Balaban J connectivity index is 1.76. The summed E-state index contributed by atoms with van der Waals surface area (Å²) in [5.74, 6) is -2.86. The number of aryl methyl sites for hydroxylation is 2. The highest BCUT2D eigenvalue weighted by Crippen LogP contribution is 2.49. The van der Waals surface area contributed by atoms with Crippen LogP contribution in [0.2, 0.25) is 0 Å². The van der Waals surface area contributed by atoms with E-state index in [0.717, 1.165) is 16.7 Å². The molecular formula is C34H33NO7S. The van der Waals surface area contributed by atoms with Gasteiger partial charge in [-0.2, -0.15) is 0 Å². The normalized spacial score (nSPS) is 18.8. The van der Waals surface area contributed by atoms with Crippen LogP contribution in [0.5, 0.6) is 0 Å². The van der Waals surface area contributed by atoms with Crippen LogP contribution in [-0.4, -0.2) is 50.6 Å². The first kappa shape index (κ1) is 30.0. The summed E-state index contributed by atoms with van der Waals surface area (Å²) in [5.41, 5.74) is 4.54. The lowest BCUT2D eigenvalue weighted by molar-refractivity contribution is -0.140. The number of amides is 1. The maximum Gasteiger partial charge on any atom is 0.335 e. The zero-order valence-electron chi connectivity index (χ0n) is 24.5. The monoisotopic (exact) mass is 599 g/mol.